The van der Waals surface area contributed by atoms with E-state index in [-0.39, 0.29) is 24.1 Å². The molecular weight excluding hydrogens is 382 g/mol. The van der Waals surface area contributed by atoms with E-state index in [1.54, 1.807) is 47.2 Å². The van der Waals surface area contributed by atoms with Crippen molar-refractivity contribution < 1.29 is 19.1 Å². The topological polar surface area (TPSA) is 79.0 Å². The molecule has 2 aromatic carbocycles. The predicted molar refractivity (Wildman–Crippen MR) is 116 cm³/mol. The number of carbonyl (C=O) groups is 3. The van der Waals surface area contributed by atoms with Gasteiger partial charge in [0.25, 0.3) is 5.91 Å². The molecule has 3 rings (SSSR count). The Morgan fingerprint density at radius 3 is 2.40 bits per heavy atom. The maximum Gasteiger partial charge on any atom is 0.253 e. The van der Waals surface area contributed by atoms with E-state index < -0.39 is 5.92 Å². The number of hydrogen-bond donors (Lipinski definition) is 1. The number of amides is 3. The number of para-hydroxylation sites is 2. The van der Waals surface area contributed by atoms with E-state index in [2.05, 4.69) is 5.32 Å². The number of nitrogens with zero attached hydrogens (tertiary/aromatic N) is 2. The average molecular weight is 409 g/mol. The van der Waals surface area contributed by atoms with Crippen molar-refractivity contribution in [3.05, 3.63) is 54.1 Å². The molecule has 7 nitrogen and oxygen atoms in total. The number of anilines is 2. The van der Waals surface area contributed by atoms with E-state index in [0.717, 1.165) is 0 Å². The lowest BCUT2D eigenvalue weighted by atomic mass is 10.1. The molecule has 0 radical (unpaired) electrons. The van der Waals surface area contributed by atoms with Crippen molar-refractivity contribution in [2.45, 2.75) is 20.3 Å². The van der Waals surface area contributed by atoms with E-state index in [1.165, 1.54) is 0 Å². The van der Waals surface area contributed by atoms with Gasteiger partial charge >= 0.3 is 0 Å². The Bertz CT molecular complexity index is 922. The Balaban J connectivity index is 1.65. The summed E-state index contributed by atoms with van der Waals surface area (Å²) < 4.78 is 5.34. The first-order valence-electron chi connectivity index (χ1n) is 10.1. The second-order valence-electron chi connectivity index (χ2n) is 7.12. The zero-order valence-electron chi connectivity index (χ0n) is 17.6. The summed E-state index contributed by atoms with van der Waals surface area (Å²) in [4.78, 5) is 40.9. The van der Waals surface area contributed by atoms with Crippen LogP contribution in [0.15, 0.2) is 48.5 Å². The van der Waals surface area contributed by atoms with Crippen LogP contribution in [-0.2, 0) is 9.59 Å². The fourth-order valence-corrected chi connectivity index (χ4v) is 3.60. The van der Waals surface area contributed by atoms with Crippen LogP contribution in [0.25, 0.3) is 0 Å². The lowest BCUT2D eigenvalue weighted by molar-refractivity contribution is -0.122. The van der Waals surface area contributed by atoms with Crippen molar-refractivity contribution in [1.29, 1.82) is 0 Å². The molecule has 0 bridgehead atoms. The number of methoxy groups -OCH3 is 1. The third-order valence-corrected chi connectivity index (χ3v) is 5.32. The molecule has 0 unspecified atom stereocenters. The highest BCUT2D eigenvalue weighted by molar-refractivity contribution is 6.04. The molecule has 1 aliphatic rings. The van der Waals surface area contributed by atoms with Crippen LogP contribution in [-0.4, -0.2) is 49.4 Å². The molecule has 30 heavy (non-hydrogen) atoms. The van der Waals surface area contributed by atoms with E-state index in [0.29, 0.717) is 42.3 Å². The molecule has 0 spiro atoms. The Morgan fingerprint density at radius 1 is 1.10 bits per heavy atom. The highest BCUT2D eigenvalue weighted by atomic mass is 16.5. The fraction of sp³-hybridized carbons (Fsp3) is 0.348. The second kappa shape index (κ2) is 9.43. The highest BCUT2D eigenvalue weighted by Gasteiger charge is 2.36. The molecular formula is C23H27N3O4. The van der Waals surface area contributed by atoms with Crippen molar-refractivity contribution >= 4 is 29.1 Å². The number of hydrogen-bond acceptors (Lipinski definition) is 4. The van der Waals surface area contributed by atoms with Gasteiger partial charge in [0.2, 0.25) is 11.8 Å². The number of carbonyl (C=O) groups excluding carboxylic acids is 3. The molecule has 0 saturated carbocycles. The van der Waals surface area contributed by atoms with Crippen molar-refractivity contribution in [1.82, 2.24) is 4.90 Å². The van der Waals surface area contributed by atoms with Crippen molar-refractivity contribution in [2.75, 3.05) is 37.0 Å². The van der Waals surface area contributed by atoms with E-state index in [1.807, 2.05) is 32.0 Å². The minimum atomic E-state index is -0.459. The van der Waals surface area contributed by atoms with Gasteiger partial charge in [0.05, 0.1) is 18.7 Å². The van der Waals surface area contributed by atoms with Gasteiger partial charge in [-0.2, -0.15) is 0 Å². The summed E-state index contributed by atoms with van der Waals surface area (Å²) in [6.07, 6.45) is 0.141. The Morgan fingerprint density at radius 2 is 1.77 bits per heavy atom. The van der Waals surface area contributed by atoms with Gasteiger partial charge in [0.15, 0.2) is 0 Å². The zero-order valence-corrected chi connectivity index (χ0v) is 17.6. The molecule has 0 aromatic heterocycles. The van der Waals surface area contributed by atoms with Crippen LogP contribution in [0, 0.1) is 5.92 Å². The molecule has 1 aliphatic heterocycles. The van der Waals surface area contributed by atoms with Crippen molar-refractivity contribution in [3.63, 3.8) is 0 Å². The van der Waals surface area contributed by atoms with Gasteiger partial charge in [-0.15, -0.1) is 0 Å². The fourth-order valence-electron chi connectivity index (χ4n) is 3.60. The van der Waals surface area contributed by atoms with Gasteiger partial charge in [-0.25, -0.2) is 0 Å². The molecule has 1 atom stereocenters. The first-order chi connectivity index (χ1) is 14.5. The summed E-state index contributed by atoms with van der Waals surface area (Å²) in [5.74, 6) is -0.227. The summed E-state index contributed by atoms with van der Waals surface area (Å²) >= 11 is 0. The van der Waals surface area contributed by atoms with Crippen LogP contribution in [0.5, 0.6) is 5.75 Å². The second-order valence-corrected chi connectivity index (χ2v) is 7.12. The minimum Gasteiger partial charge on any atom is -0.495 e. The summed E-state index contributed by atoms with van der Waals surface area (Å²) in [6, 6.07) is 14.1. The maximum absolute atomic E-state index is 12.7. The summed E-state index contributed by atoms with van der Waals surface area (Å²) in [6.45, 7) is 5.46. The number of nitrogens with one attached hydrogen (secondary N) is 1. The van der Waals surface area contributed by atoms with Crippen LogP contribution in [0.4, 0.5) is 11.4 Å². The van der Waals surface area contributed by atoms with Gasteiger partial charge in [-0.1, -0.05) is 12.1 Å². The molecule has 3 amide bonds. The monoisotopic (exact) mass is 409 g/mol. The quantitative estimate of drug-likeness (QED) is 0.762. The highest BCUT2D eigenvalue weighted by Crippen LogP contribution is 2.33. The molecule has 2 aromatic rings. The first kappa shape index (κ1) is 21.4. The normalized spacial score (nSPS) is 15.8. The van der Waals surface area contributed by atoms with Crippen molar-refractivity contribution in [2.24, 2.45) is 5.92 Å². The van der Waals surface area contributed by atoms with Crippen LogP contribution in [0.2, 0.25) is 0 Å². The molecule has 1 fully saturated rings. The van der Waals surface area contributed by atoms with Gasteiger partial charge in [-0.3, -0.25) is 14.4 Å². The lowest BCUT2D eigenvalue weighted by Gasteiger charge is -2.19. The first-order valence-corrected chi connectivity index (χ1v) is 10.1. The largest absolute Gasteiger partial charge is 0.495 e. The van der Waals surface area contributed by atoms with E-state index in [9.17, 15) is 14.4 Å². The zero-order chi connectivity index (χ0) is 21.7. The average Bonchev–Trinajstić information content (AvgIpc) is 3.16. The van der Waals surface area contributed by atoms with Gasteiger partial charge < -0.3 is 19.9 Å². The third-order valence-electron chi connectivity index (χ3n) is 5.32. The van der Waals surface area contributed by atoms with Gasteiger partial charge in [0.1, 0.15) is 5.75 Å². The molecule has 1 saturated heterocycles. The van der Waals surface area contributed by atoms with E-state index in [4.69, 9.17) is 4.74 Å². The molecule has 1 N–H and O–H groups in total. The SMILES string of the molecule is CCN(CC)C(=O)c1ccc(NC(=O)[C@H]2CC(=O)N(c3ccccc3OC)C2)cc1. The standard InChI is InChI=1S/C23H27N3O4/c1-4-25(5-2)23(29)16-10-12-18(13-11-16)24-22(28)17-14-21(27)26(15-17)19-8-6-7-9-20(19)30-3/h6-13,17H,4-5,14-15H2,1-3H3,(H,24,28)/t17-/m0/s1. The van der Waals surface area contributed by atoms with Crippen LogP contribution in [0.3, 0.4) is 0 Å². The third kappa shape index (κ3) is 4.45. The van der Waals surface area contributed by atoms with Gasteiger partial charge in [-0.05, 0) is 50.2 Å². The Labute approximate surface area is 176 Å². The van der Waals surface area contributed by atoms with Crippen molar-refractivity contribution in [3.8, 4) is 5.75 Å². The van der Waals surface area contributed by atoms with Crippen LogP contribution < -0.4 is 15.0 Å². The number of ether oxygens (including phenoxy) is 1. The minimum absolute atomic E-state index is 0.0354. The molecule has 0 aliphatic carbocycles. The van der Waals surface area contributed by atoms with Gasteiger partial charge in [0, 0.05) is 37.3 Å². The molecule has 158 valence electrons. The maximum atomic E-state index is 12.7. The summed E-state index contributed by atoms with van der Waals surface area (Å²) in [5, 5.41) is 2.85. The van der Waals surface area contributed by atoms with Crippen LogP contribution >= 0.6 is 0 Å². The Kier molecular flexibility index (Phi) is 6.72. The summed E-state index contributed by atoms with van der Waals surface area (Å²) in [7, 11) is 1.55. The van der Waals surface area contributed by atoms with Crippen LogP contribution in [0.1, 0.15) is 30.6 Å². The predicted octanol–water partition coefficient (Wildman–Crippen LogP) is 3.17. The molecule has 1 heterocycles. The van der Waals surface area contributed by atoms with E-state index >= 15 is 0 Å². The Hall–Kier alpha value is -3.35. The number of benzene rings is 2. The number of rotatable bonds is 7. The summed E-state index contributed by atoms with van der Waals surface area (Å²) in [5.41, 5.74) is 1.84. The molecule has 7 heteroatoms. The lowest BCUT2D eigenvalue weighted by Crippen LogP contribution is -2.30. The smallest absolute Gasteiger partial charge is 0.253 e.